The fourth-order valence-electron chi connectivity index (χ4n) is 1.92. The monoisotopic (exact) mass is 285 g/mol. The number of nitrogen functional groups attached to an aromatic ring is 1. The maximum absolute atomic E-state index is 11.3. The van der Waals surface area contributed by atoms with Gasteiger partial charge < -0.3 is 5.73 Å². The lowest BCUT2D eigenvalue weighted by Crippen LogP contribution is -2.16. The Hall–Kier alpha value is -1.57. The molecule has 106 valence electrons. The number of hydrogen-bond acceptors (Lipinski definition) is 5. The van der Waals surface area contributed by atoms with Gasteiger partial charge in [-0.05, 0) is 0 Å². The second-order valence-electron chi connectivity index (χ2n) is 5.79. The van der Waals surface area contributed by atoms with Gasteiger partial charge in [-0.25, -0.2) is 13.1 Å². The predicted molar refractivity (Wildman–Crippen MR) is 74.7 cm³/mol. The van der Waals surface area contributed by atoms with E-state index in [0.29, 0.717) is 11.5 Å². The van der Waals surface area contributed by atoms with Gasteiger partial charge in [0, 0.05) is 11.7 Å². The van der Waals surface area contributed by atoms with Crippen LogP contribution in [0.25, 0.3) is 11.0 Å². The summed E-state index contributed by atoms with van der Waals surface area (Å²) in [5.41, 5.74) is 7.12. The summed E-state index contributed by atoms with van der Waals surface area (Å²) in [6.45, 7) is 6.36. The minimum atomic E-state index is -3.04. The van der Waals surface area contributed by atoms with Crippen LogP contribution in [0.3, 0.4) is 0 Å². The van der Waals surface area contributed by atoms with Crippen LogP contribution in [0, 0.1) is 0 Å². The zero-order valence-electron chi connectivity index (χ0n) is 11.6. The number of fused-ring (bicyclic) bond motifs is 1. The first-order chi connectivity index (χ1) is 8.59. The van der Waals surface area contributed by atoms with Crippen molar-refractivity contribution >= 4 is 26.7 Å². The molecule has 0 aliphatic heterocycles. The molecule has 0 fully saturated rings. The summed E-state index contributed by atoms with van der Waals surface area (Å²) in [5.74, 6) is 0.491. The van der Waals surface area contributed by atoms with Crippen LogP contribution >= 0.6 is 0 Å². The lowest BCUT2D eigenvalue weighted by molar-refractivity contribution is 0.542. The summed E-state index contributed by atoms with van der Waals surface area (Å²) in [6.07, 6.45) is 1.21. The highest BCUT2D eigenvalue weighted by atomic mass is 32.2. The average Bonchev–Trinajstić information content (AvgIpc) is 2.75. The molecule has 0 radical (unpaired) electrons. The molecule has 3 N–H and O–H groups in total. The number of sulfone groups is 1. The number of hydrogen-bond donors (Lipinski definition) is 2. The van der Waals surface area contributed by atoms with Crippen molar-refractivity contribution < 1.29 is 8.42 Å². The SMILES string of the molecule is CC(C)(C)c1nn(CCS(C)(=O)=O)c2n[nH]c(N)c12. The van der Waals surface area contributed by atoms with E-state index in [4.69, 9.17) is 5.73 Å². The Bertz CT molecular complexity index is 705. The van der Waals surface area contributed by atoms with Crippen LogP contribution in [-0.2, 0) is 21.8 Å². The minimum absolute atomic E-state index is 0.0279. The standard InChI is InChI=1S/C11H19N5O2S/c1-11(2,3)8-7-9(12)13-14-10(7)16(15-8)5-6-19(4,17)18/h5-6H2,1-4H3,(H3,12,13,14). The molecule has 2 rings (SSSR count). The molecule has 0 saturated heterocycles. The van der Waals surface area contributed by atoms with Crippen LogP contribution in [0.4, 0.5) is 5.82 Å². The summed E-state index contributed by atoms with van der Waals surface area (Å²) < 4.78 is 24.1. The van der Waals surface area contributed by atoms with Gasteiger partial charge >= 0.3 is 0 Å². The van der Waals surface area contributed by atoms with Gasteiger partial charge in [0.2, 0.25) is 0 Å². The number of aromatic amines is 1. The van der Waals surface area contributed by atoms with Crippen molar-refractivity contribution in [3.05, 3.63) is 5.69 Å². The van der Waals surface area contributed by atoms with Crippen molar-refractivity contribution in [2.45, 2.75) is 32.7 Å². The Morgan fingerprint density at radius 1 is 1.37 bits per heavy atom. The third-order valence-corrected chi connectivity index (χ3v) is 3.79. The Kier molecular flexibility index (Phi) is 3.08. The topological polar surface area (TPSA) is 107 Å². The second kappa shape index (κ2) is 4.22. The molecule has 0 unspecified atom stereocenters. The second-order valence-corrected chi connectivity index (χ2v) is 8.05. The fourth-order valence-corrected chi connectivity index (χ4v) is 2.42. The molecule has 7 nitrogen and oxygen atoms in total. The van der Waals surface area contributed by atoms with Gasteiger partial charge in [-0.1, -0.05) is 20.8 Å². The predicted octanol–water partition coefficient (Wildman–Crippen LogP) is 0.684. The number of nitrogens with two attached hydrogens (primary N) is 1. The van der Waals surface area contributed by atoms with Crippen molar-refractivity contribution in [3.8, 4) is 0 Å². The van der Waals surface area contributed by atoms with Gasteiger partial charge in [0.15, 0.2) is 5.65 Å². The van der Waals surface area contributed by atoms with Gasteiger partial charge in [-0.2, -0.15) is 10.2 Å². The molecule has 0 aliphatic carbocycles. The van der Waals surface area contributed by atoms with Crippen LogP contribution in [0.5, 0.6) is 0 Å². The maximum atomic E-state index is 11.3. The van der Waals surface area contributed by atoms with E-state index < -0.39 is 9.84 Å². The highest BCUT2D eigenvalue weighted by Crippen LogP contribution is 2.31. The number of anilines is 1. The van der Waals surface area contributed by atoms with Crippen LogP contribution in [-0.4, -0.2) is 40.4 Å². The number of H-pyrrole nitrogens is 1. The summed E-state index contributed by atoms with van der Waals surface area (Å²) in [5, 5.41) is 12.1. The highest BCUT2D eigenvalue weighted by molar-refractivity contribution is 7.90. The summed E-state index contributed by atoms with van der Waals surface area (Å²) in [6, 6.07) is 0. The van der Waals surface area contributed by atoms with E-state index in [2.05, 4.69) is 15.3 Å². The molecule has 0 amide bonds. The quantitative estimate of drug-likeness (QED) is 0.862. The first-order valence-corrected chi connectivity index (χ1v) is 8.04. The zero-order chi connectivity index (χ0) is 14.4. The van der Waals surface area contributed by atoms with Crippen LogP contribution in [0.2, 0.25) is 0 Å². The molecule has 0 spiro atoms. The smallest absolute Gasteiger partial charge is 0.182 e. The number of aryl methyl sites for hydroxylation is 1. The van der Waals surface area contributed by atoms with Crippen molar-refractivity contribution in [2.75, 3.05) is 17.7 Å². The molecule has 19 heavy (non-hydrogen) atoms. The first kappa shape index (κ1) is 13.9. The molecule has 0 bridgehead atoms. The summed E-state index contributed by atoms with van der Waals surface area (Å²) >= 11 is 0. The van der Waals surface area contributed by atoms with Gasteiger partial charge in [0.1, 0.15) is 15.7 Å². The van der Waals surface area contributed by atoms with Crippen LogP contribution < -0.4 is 5.73 Å². The van der Waals surface area contributed by atoms with Crippen LogP contribution in [0.1, 0.15) is 26.5 Å². The molecular weight excluding hydrogens is 266 g/mol. The highest BCUT2D eigenvalue weighted by Gasteiger charge is 2.26. The lowest BCUT2D eigenvalue weighted by atomic mass is 9.91. The Morgan fingerprint density at radius 2 is 2.00 bits per heavy atom. The van der Waals surface area contributed by atoms with E-state index in [1.165, 1.54) is 6.26 Å². The molecule has 8 heteroatoms. The van der Waals surface area contributed by atoms with Gasteiger partial charge in [-0.15, -0.1) is 0 Å². The Labute approximate surface area is 112 Å². The lowest BCUT2D eigenvalue weighted by Gasteiger charge is -2.15. The minimum Gasteiger partial charge on any atom is -0.383 e. The van der Waals surface area contributed by atoms with E-state index >= 15 is 0 Å². The third kappa shape index (κ3) is 2.73. The van der Waals surface area contributed by atoms with Crippen molar-refractivity contribution in [1.82, 2.24) is 20.0 Å². The van der Waals surface area contributed by atoms with Crippen LogP contribution in [0.15, 0.2) is 0 Å². The third-order valence-electron chi connectivity index (χ3n) is 2.86. The molecule has 0 atom stereocenters. The van der Waals surface area contributed by atoms with E-state index in [0.717, 1.165) is 11.1 Å². The Balaban J connectivity index is 2.52. The fraction of sp³-hybridized carbons (Fsp3) is 0.636. The molecule has 2 aromatic rings. The van der Waals surface area contributed by atoms with Gasteiger partial charge in [0.25, 0.3) is 0 Å². The first-order valence-electron chi connectivity index (χ1n) is 5.98. The number of nitrogens with zero attached hydrogens (tertiary/aromatic N) is 3. The zero-order valence-corrected chi connectivity index (χ0v) is 12.4. The average molecular weight is 285 g/mol. The largest absolute Gasteiger partial charge is 0.383 e. The van der Waals surface area contributed by atoms with Crippen molar-refractivity contribution in [1.29, 1.82) is 0 Å². The van der Waals surface area contributed by atoms with E-state index in [1.807, 2.05) is 20.8 Å². The van der Waals surface area contributed by atoms with Crippen molar-refractivity contribution in [2.24, 2.45) is 0 Å². The number of aromatic nitrogens is 4. The van der Waals surface area contributed by atoms with Crippen molar-refractivity contribution in [3.63, 3.8) is 0 Å². The van der Waals surface area contributed by atoms with Gasteiger partial charge in [0.05, 0.1) is 23.4 Å². The Morgan fingerprint density at radius 3 is 2.53 bits per heavy atom. The summed E-state index contributed by atoms with van der Waals surface area (Å²) in [7, 11) is -3.04. The van der Waals surface area contributed by atoms with Gasteiger partial charge in [-0.3, -0.25) is 5.10 Å². The molecule has 0 saturated carbocycles. The molecule has 0 aliphatic rings. The maximum Gasteiger partial charge on any atom is 0.182 e. The normalized spacial score (nSPS) is 13.3. The van der Waals surface area contributed by atoms with E-state index in [1.54, 1.807) is 4.68 Å². The number of nitrogens with one attached hydrogen (secondary N) is 1. The molecule has 2 aromatic heterocycles. The molecule has 0 aromatic carbocycles. The summed E-state index contributed by atoms with van der Waals surface area (Å²) in [4.78, 5) is 0. The van der Waals surface area contributed by atoms with E-state index in [-0.39, 0.29) is 17.7 Å². The molecular formula is C11H19N5O2S. The molecule has 2 heterocycles. The number of rotatable bonds is 3. The van der Waals surface area contributed by atoms with E-state index in [9.17, 15) is 8.42 Å².